The van der Waals surface area contributed by atoms with Crippen LogP contribution in [0, 0.1) is 28.9 Å². The first-order valence-corrected chi connectivity index (χ1v) is 21.7. The van der Waals surface area contributed by atoms with E-state index in [0.717, 1.165) is 50.1 Å². The van der Waals surface area contributed by atoms with Gasteiger partial charge < -0.3 is 31.3 Å². The van der Waals surface area contributed by atoms with Gasteiger partial charge in [0.25, 0.3) is 0 Å². The van der Waals surface area contributed by atoms with Gasteiger partial charge in [0.2, 0.25) is 17.7 Å². The Morgan fingerprint density at radius 1 is 1.07 bits per heavy atom. The molecule has 5 N–H and O–H groups in total. The highest BCUT2D eigenvalue weighted by atomic mass is 32.2. The summed E-state index contributed by atoms with van der Waals surface area (Å²) >= 11 is 1.21. The number of unbranched alkanes of at least 4 members (excludes halogenated alkanes) is 2. The number of halogens is 2. The molecule has 2 aliphatic rings. The van der Waals surface area contributed by atoms with E-state index in [-0.39, 0.29) is 59.5 Å². The first-order valence-electron chi connectivity index (χ1n) is 20.5. The predicted octanol–water partition coefficient (Wildman–Crippen LogP) is 6.34. The normalized spacial score (nSPS) is 17.0. The number of allylic oxidation sites excluding steroid dienone is 6. The second kappa shape index (κ2) is 25.2. The summed E-state index contributed by atoms with van der Waals surface area (Å²) in [6.07, 6.45) is 16.9. The molecule has 14 heteroatoms. The second-order valence-electron chi connectivity index (χ2n) is 16.4. The van der Waals surface area contributed by atoms with Crippen LogP contribution in [0.5, 0.6) is 0 Å². The zero-order valence-electron chi connectivity index (χ0n) is 35.2. The summed E-state index contributed by atoms with van der Waals surface area (Å²) in [5.41, 5.74) is 2.05. The molecule has 1 aliphatic heterocycles. The number of ketones is 1. The zero-order valence-corrected chi connectivity index (χ0v) is 36.0. The summed E-state index contributed by atoms with van der Waals surface area (Å²) in [6.45, 7) is 12.3. The van der Waals surface area contributed by atoms with Gasteiger partial charge >= 0.3 is 5.97 Å². The smallest absolute Gasteiger partial charge is 0.309 e. The Hall–Kier alpha value is -4.56. The number of carbonyl (C=O) groups excluding carboxylic acids is 4. The molecule has 1 heterocycles. The second-order valence-corrected chi connectivity index (χ2v) is 17.4. The summed E-state index contributed by atoms with van der Waals surface area (Å²) in [4.78, 5) is 63.4. The van der Waals surface area contributed by atoms with Gasteiger partial charge in [0.1, 0.15) is 11.6 Å². The van der Waals surface area contributed by atoms with Gasteiger partial charge in [-0.05, 0) is 100 Å². The van der Waals surface area contributed by atoms with Gasteiger partial charge in [-0.25, -0.2) is 8.78 Å². The van der Waals surface area contributed by atoms with E-state index >= 15 is 4.39 Å². The minimum Gasteiger partial charge on any atom is -0.481 e. The van der Waals surface area contributed by atoms with E-state index in [4.69, 9.17) is 0 Å². The highest BCUT2D eigenvalue weighted by Crippen LogP contribution is 2.34. The number of rotatable bonds is 24. The van der Waals surface area contributed by atoms with Crippen LogP contribution in [0.2, 0.25) is 0 Å². The Balaban J connectivity index is 1.70. The first-order chi connectivity index (χ1) is 28.0. The van der Waals surface area contributed by atoms with Crippen molar-refractivity contribution in [2.24, 2.45) is 17.3 Å². The van der Waals surface area contributed by atoms with Gasteiger partial charge in [0.05, 0.1) is 17.7 Å². The van der Waals surface area contributed by atoms with Gasteiger partial charge in [0.15, 0.2) is 5.78 Å². The van der Waals surface area contributed by atoms with Crippen molar-refractivity contribution in [3.63, 3.8) is 0 Å². The third-order valence-corrected chi connectivity index (χ3v) is 11.2. The molecule has 1 aromatic rings. The predicted molar refractivity (Wildman–Crippen MR) is 231 cm³/mol. The van der Waals surface area contributed by atoms with E-state index in [1.54, 1.807) is 6.20 Å². The Morgan fingerprint density at radius 3 is 2.51 bits per heavy atom. The molecule has 0 bridgehead atoms. The SMILES string of the molecule is CC(=O)/C=C\C(=O)NCCCCCC(=O)NC[C@@H](CSCC(=O)N(CC1CCNC1)[C@@H](/C(C)=C/C(=C\NCC1=CC=CCC1)c1cc(F)ccc1F)C(C)(C)C)C(=O)O. The Bertz CT molecular complexity index is 1760. The highest BCUT2D eigenvalue weighted by molar-refractivity contribution is 7.99. The number of aliphatic carboxylic acids is 1. The van der Waals surface area contributed by atoms with Crippen molar-refractivity contribution in [2.45, 2.75) is 85.6 Å². The molecular formula is C45H63F2N5O6S. The van der Waals surface area contributed by atoms with Crippen LogP contribution in [-0.2, 0) is 24.0 Å². The van der Waals surface area contributed by atoms with Crippen molar-refractivity contribution in [1.29, 1.82) is 0 Å². The molecule has 11 nitrogen and oxygen atoms in total. The maximum atomic E-state index is 15.3. The lowest BCUT2D eigenvalue weighted by Gasteiger charge is -2.42. The number of amides is 3. The van der Waals surface area contributed by atoms with Crippen molar-refractivity contribution in [3.05, 3.63) is 89.2 Å². The molecule has 3 rings (SSSR count). The van der Waals surface area contributed by atoms with Crippen molar-refractivity contribution < 1.29 is 37.9 Å². The number of benzene rings is 1. The molecule has 0 aromatic heterocycles. The van der Waals surface area contributed by atoms with E-state index in [2.05, 4.69) is 27.3 Å². The Labute approximate surface area is 352 Å². The van der Waals surface area contributed by atoms with Crippen LogP contribution in [0.1, 0.15) is 85.1 Å². The van der Waals surface area contributed by atoms with Crippen LogP contribution in [0.4, 0.5) is 8.78 Å². The highest BCUT2D eigenvalue weighted by Gasteiger charge is 2.36. The number of carboxylic acids is 1. The number of thioether (sulfide) groups is 1. The Kier molecular flexibility index (Phi) is 20.8. The van der Waals surface area contributed by atoms with Crippen molar-refractivity contribution in [1.82, 2.24) is 26.2 Å². The minimum atomic E-state index is -1.08. The van der Waals surface area contributed by atoms with Crippen LogP contribution in [0.3, 0.4) is 0 Å². The van der Waals surface area contributed by atoms with Crippen LogP contribution in [0.25, 0.3) is 5.57 Å². The van der Waals surface area contributed by atoms with Gasteiger partial charge in [-0.2, -0.15) is 11.8 Å². The third kappa shape index (κ3) is 18.1. The Morgan fingerprint density at radius 2 is 1.85 bits per heavy atom. The van der Waals surface area contributed by atoms with Crippen LogP contribution >= 0.6 is 11.8 Å². The lowest BCUT2D eigenvalue weighted by molar-refractivity contribution is -0.141. The molecule has 1 fully saturated rings. The van der Waals surface area contributed by atoms with E-state index in [0.29, 0.717) is 44.5 Å². The minimum absolute atomic E-state index is 0.0190. The van der Waals surface area contributed by atoms with Gasteiger partial charge in [-0.1, -0.05) is 57.1 Å². The molecule has 1 saturated heterocycles. The quantitative estimate of drug-likeness (QED) is 0.0456. The fourth-order valence-corrected chi connectivity index (χ4v) is 8.20. The molecule has 1 unspecified atom stereocenters. The average Bonchev–Trinajstić information content (AvgIpc) is 3.70. The number of carbonyl (C=O) groups is 5. The van der Waals surface area contributed by atoms with Crippen molar-refractivity contribution in [3.8, 4) is 0 Å². The maximum absolute atomic E-state index is 15.3. The topological polar surface area (TPSA) is 157 Å². The third-order valence-electron chi connectivity index (χ3n) is 10.1. The summed E-state index contributed by atoms with van der Waals surface area (Å²) in [7, 11) is 0. The van der Waals surface area contributed by atoms with Gasteiger partial charge in [-0.3, -0.25) is 24.0 Å². The summed E-state index contributed by atoms with van der Waals surface area (Å²) in [5, 5.41) is 22.0. The van der Waals surface area contributed by atoms with Crippen molar-refractivity contribution >= 4 is 46.8 Å². The molecule has 0 saturated carbocycles. The van der Waals surface area contributed by atoms with Crippen LogP contribution in [0.15, 0.2) is 72.0 Å². The van der Waals surface area contributed by atoms with E-state index in [1.165, 1.54) is 42.5 Å². The number of carboxylic acid groups (broad SMARTS) is 1. The van der Waals surface area contributed by atoms with Crippen LogP contribution in [-0.4, -0.2) is 96.3 Å². The summed E-state index contributed by atoms with van der Waals surface area (Å²) in [6, 6.07) is 2.94. The fraction of sp³-hybridized carbons (Fsp3) is 0.533. The molecule has 59 heavy (non-hydrogen) atoms. The lowest BCUT2D eigenvalue weighted by Crippen LogP contribution is -2.51. The lowest BCUT2D eigenvalue weighted by atomic mass is 9.80. The number of hydrogen-bond acceptors (Lipinski definition) is 8. The average molecular weight is 840 g/mol. The molecule has 3 amide bonds. The number of hydrogen-bond donors (Lipinski definition) is 5. The molecule has 1 aromatic carbocycles. The summed E-state index contributed by atoms with van der Waals surface area (Å²) in [5.74, 6) is -3.81. The maximum Gasteiger partial charge on any atom is 0.309 e. The number of nitrogens with zero attached hydrogens (tertiary/aromatic N) is 1. The first kappa shape index (κ1) is 48.8. The zero-order chi connectivity index (χ0) is 43.4. The molecule has 3 atom stereocenters. The molecular weight excluding hydrogens is 777 g/mol. The molecule has 1 aliphatic carbocycles. The largest absolute Gasteiger partial charge is 0.481 e. The van der Waals surface area contributed by atoms with Gasteiger partial charge in [-0.15, -0.1) is 0 Å². The van der Waals surface area contributed by atoms with Crippen LogP contribution < -0.4 is 21.3 Å². The van der Waals surface area contributed by atoms with E-state index < -0.39 is 35.0 Å². The monoisotopic (exact) mass is 839 g/mol. The summed E-state index contributed by atoms with van der Waals surface area (Å²) < 4.78 is 29.8. The van der Waals surface area contributed by atoms with Gasteiger partial charge in [0, 0.05) is 61.8 Å². The molecule has 0 radical (unpaired) electrons. The standard InChI is InChI=1S/C45H63F2N5O6S/c1-31(22-35(38-23-37(46)16-17-39(38)47)26-49-24-33-12-8-6-9-13-33)43(45(3,4)5)52(28-34-19-21-48-25-34)42(56)30-59-29-36(44(57)58)27-51-40(54)14-10-7-11-20-50-41(55)18-15-32(2)53/h6,8,12,15-18,22-23,26,34,36,43,48-49H,7,9-11,13-14,19-21,24-25,27-30H2,1-5H3,(H,50,55)(H,51,54)(H,57,58)/b18-15-,31-22+,35-26+/t34?,36-,43-/m0/s1. The number of nitrogens with one attached hydrogen (secondary N) is 4. The van der Waals surface area contributed by atoms with Crippen molar-refractivity contribution in [2.75, 3.05) is 50.8 Å². The molecule has 324 valence electrons. The molecule has 0 spiro atoms. The van der Waals surface area contributed by atoms with E-state index in [1.807, 2.05) is 50.8 Å². The fourth-order valence-electron chi connectivity index (χ4n) is 7.19. The van der Waals surface area contributed by atoms with E-state index in [9.17, 15) is 33.5 Å².